The van der Waals surface area contributed by atoms with E-state index in [2.05, 4.69) is 4.90 Å². The molecule has 1 aromatic rings. The summed E-state index contributed by atoms with van der Waals surface area (Å²) >= 11 is 0. The van der Waals surface area contributed by atoms with E-state index in [4.69, 9.17) is 0 Å². The van der Waals surface area contributed by atoms with Crippen molar-refractivity contribution in [2.24, 2.45) is 11.3 Å². The van der Waals surface area contributed by atoms with Crippen molar-refractivity contribution in [3.63, 3.8) is 0 Å². The lowest BCUT2D eigenvalue weighted by atomic mass is 9.73. The average Bonchev–Trinajstić information content (AvgIpc) is 3.44. The number of likely N-dealkylation sites (tertiary alicyclic amines) is 2. The van der Waals surface area contributed by atoms with Gasteiger partial charge in [-0.2, -0.15) is 0 Å². The number of nitrogens with zero attached hydrogens (tertiary/aromatic N) is 2. The van der Waals surface area contributed by atoms with Gasteiger partial charge in [-0.3, -0.25) is 9.59 Å². The Balaban J connectivity index is 1.50. The molecule has 0 bridgehead atoms. The van der Waals surface area contributed by atoms with Crippen LogP contribution in [0, 0.1) is 18.3 Å². The maximum absolute atomic E-state index is 13.0. The Labute approximate surface area is 155 Å². The summed E-state index contributed by atoms with van der Waals surface area (Å²) in [4.78, 5) is 29.3. The van der Waals surface area contributed by atoms with Crippen LogP contribution in [0.4, 0.5) is 0 Å². The normalized spacial score (nSPS) is 26.4. The van der Waals surface area contributed by atoms with Crippen molar-refractivity contribution in [1.29, 1.82) is 0 Å². The van der Waals surface area contributed by atoms with E-state index in [1.54, 1.807) is 6.07 Å². The number of aryl methyl sites for hydroxylation is 1. The van der Waals surface area contributed by atoms with Crippen molar-refractivity contribution in [3.05, 3.63) is 29.3 Å². The fourth-order valence-corrected chi connectivity index (χ4v) is 4.60. The van der Waals surface area contributed by atoms with Gasteiger partial charge in [0.2, 0.25) is 5.91 Å². The zero-order chi connectivity index (χ0) is 18.3. The number of benzene rings is 1. The number of hydrogen-bond donors (Lipinski definition) is 1. The van der Waals surface area contributed by atoms with Crippen LogP contribution in [0.5, 0.6) is 5.75 Å². The van der Waals surface area contributed by atoms with Crippen LogP contribution in [-0.4, -0.2) is 52.9 Å². The molecule has 2 heterocycles. The molecule has 2 aliphatic heterocycles. The number of hydrogen-bond acceptors (Lipinski definition) is 3. The fourth-order valence-electron chi connectivity index (χ4n) is 4.60. The van der Waals surface area contributed by atoms with Gasteiger partial charge in [0, 0.05) is 38.0 Å². The molecule has 4 rings (SSSR count). The number of rotatable bonds is 3. The van der Waals surface area contributed by atoms with Gasteiger partial charge in [-0.1, -0.05) is 12.1 Å². The zero-order valence-electron chi connectivity index (χ0n) is 15.5. The minimum Gasteiger partial charge on any atom is -0.507 e. The predicted octanol–water partition coefficient (Wildman–Crippen LogP) is 2.96. The van der Waals surface area contributed by atoms with Crippen LogP contribution in [0.25, 0.3) is 0 Å². The van der Waals surface area contributed by atoms with Crippen molar-refractivity contribution < 1.29 is 14.7 Å². The first kappa shape index (κ1) is 17.4. The molecule has 5 heteroatoms. The van der Waals surface area contributed by atoms with Crippen molar-refractivity contribution in [3.8, 4) is 5.75 Å². The predicted molar refractivity (Wildman–Crippen MR) is 99.0 cm³/mol. The molecular weight excluding hydrogens is 328 g/mol. The van der Waals surface area contributed by atoms with E-state index in [1.165, 1.54) is 12.8 Å². The van der Waals surface area contributed by atoms with Crippen LogP contribution in [0.1, 0.15) is 54.4 Å². The Morgan fingerprint density at radius 1 is 1.27 bits per heavy atom. The quantitative estimate of drug-likeness (QED) is 0.906. The lowest BCUT2D eigenvalue weighted by Gasteiger charge is -2.48. The number of amides is 2. The number of phenolic OH excluding ortho intramolecular Hbond substituents is 1. The van der Waals surface area contributed by atoms with E-state index in [0.717, 1.165) is 44.5 Å². The molecule has 1 saturated carbocycles. The topological polar surface area (TPSA) is 60.9 Å². The lowest BCUT2D eigenvalue weighted by Crippen LogP contribution is -2.55. The van der Waals surface area contributed by atoms with Crippen LogP contribution >= 0.6 is 0 Å². The van der Waals surface area contributed by atoms with Gasteiger partial charge < -0.3 is 14.9 Å². The Kier molecular flexibility index (Phi) is 4.41. The summed E-state index contributed by atoms with van der Waals surface area (Å²) in [5.41, 5.74) is 1.14. The molecule has 1 atom stereocenters. The van der Waals surface area contributed by atoms with Gasteiger partial charge >= 0.3 is 0 Å². The largest absolute Gasteiger partial charge is 0.507 e. The van der Waals surface area contributed by atoms with Crippen LogP contribution < -0.4 is 0 Å². The summed E-state index contributed by atoms with van der Waals surface area (Å²) in [5, 5.41) is 10.3. The van der Waals surface area contributed by atoms with Crippen LogP contribution in [0.3, 0.4) is 0 Å². The molecule has 1 N–H and O–H groups in total. The van der Waals surface area contributed by atoms with Crippen molar-refractivity contribution in [2.45, 2.75) is 45.4 Å². The van der Waals surface area contributed by atoms with Crippen molar-refractivity contribution in [2.75, 3.05) is 26.2 Å². The maximum Gasteiger partial charge on any atom is 0.257 e. The lowest BCUT2D eigenvalue weighted by molar-refractivity contribution is -0.139. The second-order valence-electron chi connectivity index (χ2n) is 8.52. The van der Waals surface area contributed by atoms with Gasteiger partial charge in [-0.15, -0.1) is 0 Å². The highest BCUT2D eigenvalue weighted by Crippen LogP contribution is 2.41. The SMILES string of the molecule is Cc1cccc(C(=O)N2CCC[C@@]3(CCC(=O)N(CC4CC4)C3)C2)c1O. The molecule has 1 aromatic carbocycles. The summed E-state index contributed by atoms with van der Waals surface area (Å²) in [6, 6.07) is 5.33. The van der Waals surface area contributed by atoms with Crippen LogP contribution in [-0.2, 0) is 4.79 Å². The molecule has 0 unspecified atom stereocenters. The standard InChI is InChI=1S/C21H28N2O3/c1-15-4-2-5-17(19(15)25)20(26)22-11-3-9-21(13-22)10-8-18(24)23(14-21)12-16-6-7-16/h2,4-5,16,25H,3,6-14H2,1H3/t21-/m1/s1. The molecule has 3 fully saturated rings. The minimum atomic E-state index is -0.0871. The van der Waals surface area contributed by atoms with Gasteiger partial charge in [0.15, 0.2) is 0 Å². The fraction of sp³-hybridized carbons (Fsp3) is 0.619. The number of carbonyl (C=O) groups is 2. The number of phenols is 1. The second kappa shape index (κ2) is 6.60. The van der Waals surface area contributed by atoms with Crippen LogP contribution in [0.15, 0.2) is 18.2 Å². The van der Waals surface area contributed by atoms with Gasteiger partial charge in [-0.25, -0.2) is 0 Å². The van der Waals surface area contributed by atoms with Crippen molar-refractivity contribution >= 4 is 11.8 Å². The molecule has 2 saturated heterocycles. The monoisotopic (exact) mass is 356 g/mol. The summed E-state index contributed by atoms with van der Waals surface area (Å²) in [5.74, 6) is 0.976. The Hall–Kier alpha value is -2.04. The second-order valence-corrected chi connectivity index (χ2v) is 8.52. The Morgan fingerprint density at radius 3 is 2.85 bits per heavy atom. The van der Waals surface area contributed by atoms with Gasteiger partial charge in [0.25, 0.3) is 5.91 Å². The van der Waals surface area contributed by atoms with E-state index in [1.807, 2.05) is 24.0 Å². The zero-order valence-corrected chi connectivity index (χ0v) is 15.5. The molecule has 0 aromatic heterocycles. The number of carbonyl (C=O) groups excluding carboxylic acids is 2. The number of piperidine rings is 2. The molecule has 5 nitrogen and oxygen atoms in total. The number of aromatic hydroxyl groups is 1. The molecule has 1 spiro atoms. The molecule has 26 heavy (non-hydrogen) atoms. The van der Waals surface area contributed by atoms with E-state index in [0.29, 0.717) is 24.4 Å². The molecule has 2 amide bonds. The first-order chi connectivity index (χ1) is 12.5. The third-order valence-corrected chi connectivity index (χ3v) is 6.34. The van der Waals surface area contributed by atoms with Gasteiger partial charge in [0.1, 0.15) is 5.75 Å². The Morgan fingerprint density at radius 2 is 2.08 bits per heavy atom. The molecular formula is C21H28N2O3. The van der Waals surface area contributed by atoms with E-state index >= 15 is 0 Å². The van der Waals surface area contributed by atoms with E-state index in [-0.39, 0.29) is 23.0 Å². The maximum atomic E-state index is 13.0. The van der Waals surface area contributed by atoms with Crippen LogP contribution in [0.2, 0.25) is 0 Å². The third-order valence-electron chi connectivity index (χ3n) is 6.34. The first-order valence-corrected chi connectivity index (χ1v) is 9.83. The molecule has 1 aliphatic carbocycles. The van der Waals surface area contributed by atoms with Gasteiger partial charge in [-0.05, 0) is 56.6 Å². The number of para-hydroxylation sites is 1. The average molecular weight is 356 g/mol. The molecule has 3 aliphatic rings. The summed E-state index contributed by atoms with van der Waals surface area (Å²) in [6.45, 7) is 4.91. The molecule has 0 radical (unpaired) electrons. The van der Waals surface area contributed by atoms with E-state index in [9.17, 15) is 14.7 Å². The highest BCUT2D eigenvalue weighted by atomic mass is 16.3. The molecule has 140 valence electrons. The summed E-state index contributed by atoms with van der Waals surface area (Å²) in [7, 11) is 0. The van der Waals surface area contributed by atoms with Gasteiger partial charge in [0.05, 0.1) is 5.56 Å². The summed E-state index contributed by atoms with van der Waals surface area (Å²) < 4.78 is 0. The van der Waals surface area contributed by atoms with Crippen molar-refractivity contribution in [1.82, 2.24) is 9.80 Å². The van der Waals surface area contributed by atoms with E-state index < -0.39 is 0 Å². The first-order valence-electron chi connectivity index (χ1n) is 9.83. The third kappa shape index (κ3) is 3.31. The highest BCUT2D eigenvalue weighted by molar-refractivity contribution is 5.97. The minimum absolute atomic E-state index is 0.0240. The Bertz CT molecular complexity index is 728. The highest BCUT2D eigenvalue weighted by Gasteiger charge is 2.44. The summed E-state index contributed by atoms with van der Waals surface area (Å²) in [6.07, 6.45) is 6.00. The smallest absolute Gasteiger partial charge is 0.257 e.